The topological polar surface area (TPSA) is 75.3 Å². The molecule has 2 aromatic rings. The Morgan fingerprint density at radius 3 is 2.26 bits per heavy atom. The predicted octanol–water partition coefficient (Wildman–Crippen LogP) is 2.93. The van der Waals surface area contributed by atoms with E-state index < -0.39 is 10.0 Å². The molecular formula is C17H20N2O3S. The van der Waals surface area contributed by atoms with E-state index in [1.54, 1.807) is 38.1 Å². The third-order valence-electron chi connectivity index (χ3n) is 3.09. The minimum atomic E-state index is -3.53. The molecule has 0 fully saturated rings. The van der Waals surface area contributed by atoms with Gasteiger partial charge in [0.15, 0.2) is 0 Å². The van der Waals surface area contributed by atoms with Crippen molar-refractivity contribution in [2.75, 3.05) is 5.32 Å². The van der Waals surface area contributed by atoms with Crippen molar-refractivity contribution in [3.63, 3.8) is 0 Å². The summed E-state index contributed by atoms with van der Waals surface area (Å²) in [7, 11) is -3.53. The summed E-state index contributed by atoms with van der Waals surface area (Å²) in [6.45, 7) is 5.43. The van der Waals surface area contributed by atoms with Gasteiger partial charge in [-0.3, -0.25) is 4.79 Å². The van der Waals surface area contributed by atoms with Gasteiger partial charge in [0.05, 0.1) is 4.90 Å². The van der Waals surface area contributed by atoms with Crippen LogP contribution in [0.1, 0.15) is 29.8 Å². The van der Waals surface area contributed by atoms with Crippen molar-refractivity contribution in [2.24, 2.45) is 0 Å². The average Bonchev–Trinajstić information content (AvgIpc) is 2.46. The van der Waals surface area contributed by atoms with Crippen LogP contribution in [0, 0.1) is 6.92 Å². The Hall–Kier alpha value is -2.18. The van der Waals surface area contributed by atoms with Crippen LogP contribution >= 0.6 is 0 Å². The molecule has 1 amide bonds. The Morgan fingerprint density at radius 1 is 1.04 bits per heavy atom. The largest absolute Gasteiger partial charge is 0.322 e. The molecule has 0 aliphatic rings. The maximum atomic E-state index is 12.2. The van der Waals surface area contributed by atoms with E-state index in [1.807, 2.05) is 19.1 Å². The van der Waals surface area contributed by atoms with Crippen LogP contribution in [0.15, 0.2) is 53.4 Å². The van der Waals surface area contributed by atoms with Gasteiger partial charge in [-0.15, -0.1) is 0 Å². The monoisotopic (exact) mass is 332 g/mol. The van der Waals surface area contributed by atoms with Crippen LogP contribution in [0.5, 0.6) is 0 Å². The third-order valence-corrected chi connectivity index (χ3v) is 4.77. The molecule has 0 aromatic heterocycles. The van der Waals surface area contributed by atoms with Crippen LogP contribution in [0.25, 0.3) is 0 Å². The van der Waals surface area contributed by atoms with Crippen LogP contribution in [0.3, 0.4) is 0 Å². The predicted molar refractivity (Wildman–Crippen MR) is 91.0 cm³/mol. The van der Waals surface area contributed by atoms with E-state index in [2.05, 4.69) is 10.0 Å². The molecule has 0 radical (unpaired) electrons. The average molecular weight is 332 g/mol. The zero-order valence-corrected chi connectivity index (χ0v) is 14.1. The molecule has 6 heteroatoms. The Labute approximate surface area is 136 Å². The van der Waals surface area contributed by atoms with Crippen molar-refractivity contribution in [2.45, 2.75) is 31.7 Å². The molecule has 2 rings (SSSR count). The molecule has 2 aromatic carbocycles. The van der Waals surface area contributed by atoms with Gasteiger partial charge in [0.2, 0.25) is 10.0 Å². The van der Waals surface area contributed by atoms with E-state index in [-0.39, 0.29) is 16.8 Å². The zero-order chi connectivity index (χ0) is 17.0. The van der Waals surface area contributed by atoms with Gasteiger partial charge in [-0.25, -0.2) is 13.1 Å². The van der Waals surface area contributed by atoms with E-state index in [4.69, 9.17) is 0 Å². The molecule has 0 heterocycles. The lowest BCUT2D eigenvalue weighted by Gasteiger charge is -2.10. The Kier molecular flexibility index (Phi) is 5.18. The lowest BCUT2D eigenvalue weighted by molar-refractivity contribution is 0.102. The molecule has 0 spiro atoms. The SMILES string of the molecule is Cc1cccc(C(=O)Nc2ccc(S(=O)(=O)NC(C)C)cc2)c1. The van der Waals surface area contributed by atoms with Crippen LogP contribution < -0.4 is 10.0 Å². The second kappa shape index (κ2) is 6.93. The number of anilines is 1. The summed E-state index contributed by atoms with van der Waals surface area (Å²) in [4.78, 5) is 12.3. The number of rotatable bonds is 5. The lowest BCUT2D eigenvalue weighted by atomic mass is 10.1. The van der Waals surface area contributed by atoms with Crippen molar-refractivity contribution in [3.8, 4) is 0 Å². The van der Waals surface area contributed by atoms with Crippen LogP contribution in [-0.2, 0) is 10.0 Å². The normalized spacial score (nSPS) is 11.5. The number of carbonyl (C=O) groups excluding carboxylic acids is 1. The number of hydrogen-bond acceptors (Lipinski definition) is 3. The first kappa shape index (κ1) is 17.2. The highest BCUT2D eigenvalue weighted by Gasteiger charge is 2.15. The number of hydrogen-bond donors (Lipinski definition) is 2. The molecule has 2 N–H and O–H groups in total. The van der Waals surface area contributed by atoms with Gasteiger partial charge < -0.3 is 5.32 Å². The Bertz CT molecular complexity index is 797. The second-order valence-corrected chi connectivity index (χ2v) is 7.34. The summed E-state index contributed by atoms with van der Waals surface area (Å²) in [5.74, 6) is -0.232. The molecule has 0 saturated carbocycles. The number of sulfonamides is 1. The first-order chi connectivity index (χ1) is 10.8. The van der Waals surface area contributed by atoms with Gasteiger partial charge in [-0.2, -0.15) is 0 Å². The molecule has 0 unspecified atom stereocenters. The number of nitrogens with one attached hydrogen (secondary N) is 2. The molecule has 122 valence electrons. The van der Waals surface area contributed by atoms with Crippen molar-refractivity contribution in [3.05, 3.63) is 59.7 Å². The summed E-state index contributed by atoms with van der Waals surface area (Å²) in [5.41, 5.74) is 2.10. The molecular weight excluding hydrogens is 312 g/mol. The first-order valence-corrected chi connectivity index (χ1v) is 8.76. The Morgan fingerprint density at radius 2 is 1.70 bits per heavy atom. The van der Waals surface area contributed by atoms with Gasteiger partial charge in [0.1, 0.15) is 0 Å². The van der Waals surface area contributed by atoms with E-state index in [0.717, 1.165) is 5.56 Å². The lowest BCUT2D eigenvalue weighted by Crippen LogP contribution is -2.30. The molecule has 23 heavy (non-hydrogen) atoms. The number of aryl methyl sites for hydroxylation is 1. The fraction of sp³-hybridized carbons (Fsp3) is 0.235. The number of amides is 1. The van der Waals surface area contributed by atoms with Crippen LogP contribution in [0.2, 0.25) is 0 Å². The summed E-state index contributed by atoms with van der Waals surface area (Å²) in [6, 6.07) is 13.2. The number of benzene rings is 2. The van der Waals surface area contributed by atoms with Crippen molar-refractivity contribution >= 4 is 21.6 Å². The van der Waals surface area contributed by atoms with Gasteiger partial charge in [0.25, 0.3) is 5.91 Å². The van der Waals surface area contributed by atoms with Gasteiger partial charge in [-0.05, 0) is 57.2 Å². The summed E-state index contributed by atoms with van der Waals surface area (Å²) in [6.07, 6.45) is 0. The first-order valence-electron chi connectivity index (χ1n) is 7.28. The Balaban J connectivity index is 2.13. The maximum absolute atomic E-state index is 12.2. The summed E-state index contributed by atoms with van der Waals surface area (Å²) in [5, 5.41) is 2.75. The van der Waals surface area contributed by atoms with E-state index >= 15 is 0 Å². The summed E-state index contributed by atoms with van der Waals surface area (Å²) < 4.78 is 26.6. The van der Waals surface area contributed by atoms with Crippen molar-refractivity contribution in [1.29, 1.82) is 0 Å². The van der Waals surface area contributed by atoms with Gasteiger partial charge >= 0.3 is 0 Å². The highest BCUT2D eigenvalue weighted by atomic mass is 32.2. The zero-order valence-electron chi connectivity index (χ0n) is 13.3. The van der Waals surface area contributed by atoms with Crippen molar-refractivity contribution in [1.82, 2.24) is 4.72 Å². The summed E-state index contributed by atoms with van der Waals surface area (Å²) >= 11 is 0. The minimum absolute atomic E-state index is 0.166. The maximum Gasteiger partial charge on any atom is 0.255 e. The highest BCUT2D eigenvalue weighted by molar-refractivity contribution is 7.89. The van der Waals surface area contributed by atoms with Crippen LogP contribution in [-0.4, -0.2) is 20.4 Å². The molecule has 0 bridgehead atoms. The van der Waals surface area contributed by atoms with E-state index in [9.17, 15) is 13.2 Å². The van der Waals surface area contributed by atoms with Gasteiger partial charge in [-0.1, -0.05) is 17.7 Å². The smallest absolute Gasteiger partial charge is 0.255 e. The molecule has 0 aliphatic heterocycles. The molecule has 5 nitrogen and oxygen atoms in total. The van der Waals surface area contributed by atoms with Crippen LogP contribution in [0.4, 0.5) is 5.69 Å². The van der Waals surface area contributed by atoms with Gasteiger partial charge in [0, 0.05) is 17.3 Å². The minimum Gasteiger partial charge on any atom is -0.322 e. The fourth-order valence-electron chi connectivity index (χ4n) is 2.09. The van der Waals surface area contributed by atoms with E-state index in [0.29, 0.717) is 11.3 Å². The van der Waals surface area contributed by atoms with Crippen molar-refractivity contribution < 1.29 is 13.2 Å². The molecule has 0 aliphatic carbocycles. The fourth-order valence-corrected chi connectivity index (χ4v) is 3.34. The quantitative estimate of drug-likeness (QED) is 0.884. The highest BCUT2D eigenvalue weighted by Crippen LogP contribution is 2.15. The molecule has 0 saturated heterocycles. The second-order valence-electron chi connectivity index (χ2n) is 5.62. The standard InChI is InChI=1S/C17H20N2O3S/c1-12(2)19-23(21,22)16-9-7-15(8-10-16)18-17(20)14-6-4-5-13(3)11-14/h4-12,19H,1-3H3,(H,18,20). The third kappa shape index (κ3) is 4.64. The van der Waals surface area contributed by atoms with E-state index in [1.165, 1.54) is 12.1 Å². The number of carbonyl (C=O) groups is 1. The molecule has 0 atom stereocenters.